The average molecular weight is 181 g/mol. The Kier molecular flexibility index (Phi) is 2.69. The van der Waals surface area contributed by atoms with Gasteiger partial charge in [-0.2, -0.15) is 5.10 Å². The van der Waals surface area contributed by atoms with Crippen LogP contribution in [-0.4, -0.2) is 22.4 Å². The molecular formula is C8H11N3O2. The van der Waals surface area contributed by atoms with Gasteiger partial charge >= 0.3 is 5.97 Å². The molecule has 1 aromatic rings. The van der Waals surface area contributed by atoms with Crippen molar-refractivity contribution >= 4 is 11.8 Å². The molecule has 2 N–H and O–H groups in total. The Morgan fingerprint density at radius 1 is 1.92 bits per heavy atom. The number of nitrogens with zero attached hydrogens (tertiary/aromatic N) is 2. The Morgan fingerprint density at radius 3 is 3.08 bits per heavy atom. The molecular weight excluding hydrogens is 170 g/mol. The van der Waals surface area contributed by atoms with E-state index < -0.39 is 5.97 Å². The maximum atomic E-state index is 11.2. The largest absolute Gasteiger partial charge is 0.458 e. The molecule has 1 heterocycles. The van der Waals surface area contributed by atoms with Gasteiger partial charge in [0.25, 0.3) is 0 Å². The van der Waals surface area contributed by atoms with Gasteiger partial charge in [-0.1, -0.05) is 12.7 Å². The Balaban J connectivity index is 2.77. The monoisotopic (exact) mass is 181 g/mol. The lowest BCUT2D eigenvalue weighted by Crippen LogP contribution is -2.08. The predicted octanol–water partition coefficient (Wildman–Crippen LogP) is 0.345. The minimum Gasteiger partial charge on any atom is -0.458 e. The molecule has 0 aliphatic rings. The summed E-state index contributed by atoms with van der Waals surface area (Å²) < 4.78 is 6.19. The Morgan fingerprint density at radius 2 is 2.62 bits per heavy atom. The zero-order valence-electron chi connectivity index (χ0n) is 7.36. The molecule has 0 amide bonds. The van der Waals surface area contributed by atoms with Crippen LogP contribution in [0.5, 0.6) is 0 Å². The Hall–Kier alpha value is -1.78. The van der Waals surface area contributed by atoms with Gasteiger partial charge in [-0.05, 0) is 0 Å². The second kappa shape index (κ2) is 3.75. The van der Waals surface area contributed by atoms with Crippen molar-refractivity contribution in [3.05, 3.63) is 24.4 Å². The number of nitrogens with two attached hydrogens (primary N) is 1. The second-order valence-corrected chi connectivity index (χ2v) is 2.45. The van der Waals surface area contributed by atoms with Crippen LogP contribution in [0.3, 0.4) is 0 Å². The van der Waals surface area contributed by atoms with Crippen LogP contribution in [0, 0.1) is 0 Å². The molecule has 0 aliphatic carbocycles. The van der Waals surface area contributed by atoms with Crippen LogP contribution in [-0.2, 0) is 11.8 Å². The van der Waals surface area contributed by atoms with Crippen molar-refractivity contribution < 1.29 is 9.53 Å². The molecule has 0 atom stereocenters. The van der Waals surface area contributed by atoms with Gasteiger partial charge in [0, 0.05) is 7.05 Å². The van der Waals surface area contributed by atoms with E-state index in [1.807, 2.05) is 0 Å². The highest BCUT2D eigenvalue weighted by molar-refractivity contribution is 5.93. The molecule has 0 aromatic carbocycles. The van der Waals surface area contributed by atoms with Gasteiger partial charge in [-0.25, -0.2) is 4.79 Å². The van der Waals surface area contributed by atoms with Crippen molar-refractivity contribution in [3.8, 4) is 0 Å². The maximum absolute atomic E-state index is 11.2. The maximum Gasteiger partial charge on any atom is 0.343 e. The number of nitrogen functional groups attached to an aromatic ring is 1. The minimum atomic E-state index is -0.481. The van der Waals surface area contributed by atoms with Crippen LogP contribution in [0.25, 0.3) is 0 Å². The summed E-state index contributed by atoms with van der Waals surface area (Å²) in [6, 6.07) is 0. The number of hydrogen-bond acceptors (Lipinski definition) is 4. The molecule has 0 bridgehead atoms. The standard InChI is InChI=1S/C8H11N3O2/c1-3-4-13-8(12)6-5-10-11(2)7(6)9/h3,5H,1,4,9H2,2H3. The molecule has 70 valence electrons. The number of ether oxygens (including phenoxy) is 1. The molecule has 5 heteroatoms. The number of rotatable bonds is 3. The van der Waals surface area contributed by atoms with Gasteiger partial charge in [-0.15, -0.1) is 0 Å². The molecule has 0 fully saturated rings. The molecule has 1 rings (SSSR count). The van der Waals surface area contributed by atoms with Gasteiger partial charge in [0.05, 0.1) is 6.20 Å². The van der Waals surface area contributed by atoms with Gasteiger partial charge in [0.15, 0.2) is 0 Å². The normalized spacial score (nSPS) is 9.62. The SMILES string of the molecule is C=CCOC(=O)c1cnn(C)c1N. The van der Waals surface area contributed by atoms with Crippen LogP contribution < -0.4 is 5.73 Å². The van der Waals surface area contributed by atoms with E-state index in [0.29, 0.717) is 5.82 Å². The summed E-state index contributed by atoms with van der Waals surface area (Å²) in [6.07, 6.45) is 2.87. The predicted molar refractivity (Wildman–Crippen MR) is 48.1 cm³/mol. The third-order valence-corrected chi connectivity index (χ3v) is 1.54. The third kappa shape index (κ3) is 1.87. The van der Waals surface area contributed by atoms with E-state index in [4.69, 9.17) is 10.5 Å². The minimum absolute atomic E-state index is 0.174. The summed E-state index contributed by atoms with van der Waals surface area (Å²) in [7, 11) is 1.65. The fourth-order valence-corrected chi connectivity index (χ4v) is 0.817. The quantitative estimate of drug-likeness (QED) is 0.539. The van der Waals surface area contributed by atoms with Crippen molar-refractivity contribution in [3.63, 3.8) is 0 Å². The molecule has 0 saturated carbocycles. The summed E-state index contributed by atoms with van der Waals surface area (Å²) in [5.74, 6) is -0.181. The first-order chi connectivity index (χ1) is 6.16. The number of aromatic nitrogens is 2. The summed E-state index contributed by atoms with van der Waals surface area (Å²) in [4.78, 5) is 11.2. The third-order valence-electron chi connectivity index (χ3n) is 1.54. The highest BCUT2D eigenvalue weighted by Gasteiger charge is 2.13. The Labute approximate surface area is 75.8 Å². The van der Waals surface area contributed by atoms with Crippen LogP contribution >= 0.6 is 0 Å². The molecule has 5 nitrogen and oxygen atoms in total. The number of aryl methyl sites for hydroxylation is 1. The Bertz CT molecular complexity index is 330. The van der Waals surface area contributed by atoms with E-state index in [1.165, 1.54) is 17.0 Å². The number of hydrogen-bond donors (Lipinski definition) is 1. The smallest absolute Gasteiger partial charge is 0.343 e. The lowest BCUT2D eigenvalue weighted by atomic mass is 10.3. The van der Waals surface area contributed by atoms with Crippen LogP contribution in [0.1, 0.15) is 10.4 Å². The zero-order chi connectivity index (χ0) is 9.84. The first-order valence-corrected chi connectivity index (χ1v) is 3.72. The number of carbonyl (C=O) groups is 1. The highest BCUT2D eigenvalue weighted by Crippen LogP contribution is 2.10. The summed E-state index contributed by atoms with van der Waals surface area (Å²) in [5, 5.41) is 3.81. The zero-order valence-corrected chi connectivity index (χ0v) is 7.36. The van der Waals surface area contributed by atoms with E-state index in [0.717, 1.165) is 0 Å². The van der Waals surface area contributed by atoms with Crippen molar-refractivity contribution in [1.82, 2.24) is 9.78 Å². The summed E-state index contributed by atoms with van der Waals surface area (Å²) >= 11 is 0. The van der Waals surface area contributed by atoms with E-state index in [-0.39, 0.29) is 12.2 Å². The molecule has 0 aliphatic heterocycles. The number of carbonyl (C=O) groups excluding carboxylic acids is 1. The molecule has 0 saturated heterocycles. The van der Waals surface area contributed by atoms with Gasteiger partial charge in [-0.3, -0.25) is 4.68 Å². The fraction of sp³-hybridized carbons (Fsp3) is 0.250. The summed E-state index contributed by atoms with van der Waals surface area (Å²) in [6.45, 7) is 3.60. The molecule has 13 heavy (non-hydrogen) atoms. The lowest BCUT2D eigenvalue weighted by molar-refractivity contribution is 0.0551. The fourth-order valence-electron chi connectivity index (χ4n) is 0.817. The summed E-state index contributed by atoms with van der Waals surface area (Å²) in [5.41, 5.74) is 5.83. The highest BCUT2D eigenvalue weighted by atomic mass is 16.5. The van der Waals surface area contributed by atoms with Gasteiger partial charge in [0.2, 0.25) is 0 Å². The van der Waals surface area contributed by atoms with Crippen molar-refractivity contribution in [2.24, 2.45) is 7.05 Å². The van der Waals surface area contributed by atoms with Crippen molar-refractivity contribution in [2.45, 2.75) is 0 Å². The van der Waals surface area contributed by atoms with Gasteiger partial charge in [0.1, 0.15) is 18.0 Å². The molecule has 1 aromatic heterocycles. The topological polar surface area (TPSA) is 70.1 Å². The average Bonchev–Trinajstić information content (AvgIpc) is 2.44. The number of anilines is 1. The molecule has 0 unspecified atom stereocenters. The van der Waals surface area contributed by atoms with E-state index in [9.17, 15) is 4.79 Å². The second-order valence-electron chi connectivity index (χ2n) is 2.45. The molecule has 0 spiro atoms. The van der Waals surface area contributed by atoms with Crippen LogP contribution in [0.2, 0.25) is 0 Å². The van der Waals surface area contributed by atoms with Crippen LogP contribution in [0.4, 0.5) is 5.82 Å². The first kappa shape index (κ1) is 9.31. The van der Waals surface area contributed by atoms with Crippen molar-refractivity contribution in [1.29, 1.82) is 0 Å². The van der Waals surface area contributed by atoms with E-state index >= 15 is 0 Å². The number of esters is 1. The van der Waals surface area contributed by atoms with Crippen molar-refractivity contribution in [2.75, 3.05) is 12.3 Å². The van der Waals surface area contributed by atoms with Gasteiger partial charge < -0.3 is 10.5 Å². The van der Waals surface area contributed by atoms with E-state index in [2.05, 4.69) is 11.7 Å². The molecule has 0 radical (unpaired) electrons. The van der Waals surface area contributed by atoms with E-state index in [1.54, 1.807) is 7.05 Å². The van der Waals surface area contributed by atoms with Crippen LogP contribution in [0.15, 0.2) is 18.9 Å². The first-order valence-electron chi connectivity index (χ1n) is 3.72. The lowest BCUT2D eigenvalue weighted by Gasteiger charge is -2.00.